The first-order valence-corrected chi connectivity index (χ1v) is 9.56. The lowest BCUT2D eigenvalue weighted by atomic mass is 9.97. The third-order valence-corrected chi connectivity index (χ3v) is 5.36. The fourth-order valence-corrected chi connectivity index (χ4v) is 3.76. The quantitative estimate of drug-likeness (QED) is 0.859. The summed E-state index contributed by atoms with van der Waals surface area (Å²) in [5, 5.41) is 6.29. The number of carbonyl (C=O) groups excluding carboxylic acids is 2. The number of aryl methyl sites for hydroxylation is 1. The predicted octanol–water partition coefficient (Wildman–Crippen LogP) is 1.97. The summed E-state index contributed by atoms with van der Waals surface area (Å²) >= 11 is 0. The summed E-state index contributed by atoms with van der Waals surface area (Å²) in [7, 11) is 0. The Bertz CT molecular complexity index is 593. The molecule has 1 aromatic rings. The molecule has 0 saturated carbocycles. The molecule has 2 N–H and O–H groups in total. The molecule has 25 heavy (non-hydrogen) atoms. The smallest absolute Gasteiger partial charge is 0.253 e. The highest BCUT2D eigenvalue weighted by molar-refractivity contribution is 5.94. The van der Waals surface area contributed by atoms with Crippen molar-refractivity contribution < 1.29 is 9.59 Å². The van der Waals surface area contributed by atoms with Crippen LogP contribution in [-0.4, -0.2) is 48.9 Å². The van der Waals surface area contributed by atoms with Gasteiger partial charge in [0.15, 0.2) is 0 Å². The number of amides is 2. The van der Waals surface area contributed by atoms with E-state index in [1.54, 1.807) is 0 Å². The zero-order valence-corrected chi connectivity index (χ0v) is 15.1. The van der Waals surface area contributed by atoms with Gasteiger partial charge in [-0.25, -0.2) is 0 Å². The summed E-state index contributed by atoms with van der Waals surface area (Å²) in [5.41, 5.74) is 2.01. The van der Waals surface area contributed by atoms with Crippen LogP contribution in [0.15, 0.2) is 24.3 Å². The molecule has 136 valence electrons. The number of nitrogens with one attached hydrogen (secondary N) is 2. The van der Waals surface area contributed by atoms with Gasteiger partial charge in [0.25, 0.3) is 5.91 Å². The van der Waals surface area contributed by atoms with Gasteiger partial charge in [0.1, 0.15) is 0 Å². The van der Waals surface area contributed by atoms with Crippen molar-refractivity contribution in [3.8, 4) is 0 Å². The highest BCUT2D eigenvalue weighted by Crippen LogP contribution is 2.19. The van der Waals surface area contributed by atoms with Gasteiger partial charge in [0.05, 0.1) is 6.04 Å². The third kappa shape index (κ3) is 4.60. The normalized spacial score (nSPS) is 23.5. The zero-order chi connectivity index (χ0) is 17.6. The Morgan fingerprint density at radius 3 is 2.68 bits per heavy atom. The summed E-state index contributed by atoms with van der Waals surface area (Å²) in [4.78, 5) is 26.8. The second-order valence-corrected chi connectivity index (χ2v) is 7.20. The second kappa shape index (κ2) is 8.48. The molecule has 1 aromatic carbocycles. The first-order chi connectivity index (χ1) is 12.2. The Morgan fingerprint density at radius 1 is 1.20 bits per heavy atom. The van der Waals surface area contributed by atoms with E-state index in [4.69, 9.17) is 0 Å². The summed E-state index contributed by atoms with van der Waals surface area (Å²) < 4.78 is 0. The molecule has 0 aliphatic carbocycles. The van der Waals surface area contributed by atoms with Crippen molar-refractivity contribution in [2.45, 2.75) is 45.1 Å². The van der Waals surface area contributed by atoms with Gasteiger partial charge in [-0.3, -0.25) is 9.59 Å². The summed E-state index contributed by atoms with van der Waals surface area (Å²) in [5.74, 6) is 0.560. The maximum Gasteiger partial charge on any atom is 0.253 e. The molecule has 0 spiro atoms. The van der Waals surface area contributed by atoms with Crippen molar-refractivity contribution in [1.29, 1.82) is 0 Å². The van der Waals surface area contributed by atoms with Crippen molar-refractivity contribution in [2.75, 3.05) is 26.2 Å². The molecule has 3 rings (SSSR count). The fourth-order valence-electron chi connectivity index (χ4n) is 3.76. The average Bonchev–Trinajstić information content (AvgIpc) is 3.21. The number of rotatable bonds is 5. The van der Waals surface area contributed by atoms with E-state index in [1.165, 1.54) is 5.56 Å². The Labute approximate surface area is 150 Å². The van der Waals surface area contributed by atoms with Gasteiger partial charge in [0.2, 0.25) is 5.91 Å². The molecule has 2 aliphatic heterocycles. The number of carbonyl (C=O) groups is 2. The molecule has 2 amide bonds. The van der Waals surface area contributed by atoms with Crippen molar-refractivity contribution in [3.63, 3.8) is 0 Å². The molecule has 2 fully saturated rings. The van der Waals surface area contributed by atoms with Crippen molar-refractivity contribution in [1.82, 2.24) is 15.5 Å². The van der Waals surface area contributed by atoms with E-state index in [0.717, 1.165) is 57.3 Å². The van der Waals surface area contributed by atoms with Crippen LogP contribution in [0.2, 0.25) is 0 Å². The van der Waals surface area contributed by atoms with Crippen LogP contribution in [0.1, 0.15) is 48.5 Å². The minimum atomic E-state index is -0.0293. The second-order valence-electron chi connectivity index (χ2n) is 7.20. The average molecular weight is 343 g/mol. The monoisotopic (exact) mass is 343 g/mol. The molecule has 0 unspecified atom stereocenters. The summed E-state index contributed by atoms with van der Waals surface area (Å²) in [6, 6.07) is 7.89. The largest absolute Gasteiger partial charge is 0.354 e. The van der Waals surface area contributed by atoms with E-state index in [-0.39, 0.29) is 17.9 Å². The number of nitrogens with zero attached hydrogens (tertiary/aromatic N) is 1. The van der Waals surface area contributed by atoms with E-state index in [1.807, 2.05) is 29.2 Å². The van der Waals surface area contributed by atoms with Crippen LogP contribution in [0, 0.1) is 5.92 Å². The topological polar surface area (TPSA) is 61.4 Å². The lowest BCUT2D eigenvalue weighted by Crippen LogP contribution is -2.46. The van der Waals surface area contributed by atoms with Crippen molar-refractivity contribution in [2.24, 2.45) is 5.92 Å². The van der Waals surface area contributed by atoms with Crippen LogP contribution in [0.25, 0.3) is 0 Å². The first kappa shape index (κ1) is 17.9. The Balaban J connectivity index is 1.51. The van der Waals surface area contributed by atoms with E-state index >= 15 is 0 Å². The van der Waals surface area contributed by atoms with E-state index in [0.29, 0.717) is 12.5 Å². The van der Waals surface area contributed by atoms with Crippen LogP contribution >= 0.6 is 0 Å². The van der Waals surface area contributed by atoms with Gasteiger partial charge in [0, 0.05) is 25.2 Å². The highest BCUT2D eigenvalue weighted by Gasteiger charge is 2.26. The van der Waals surface area contributed by atoms with Crippen LogP contribution in [0.3, 0.4) is 0 Å². The Kier molecular flexibility index (Phi) is 6.08. The molecule has 2 atom stereocenters. The third-order valence-electron chi connectivity index (χ3n) is 5.36. The molecule has 5 nitrogen and oxygen atoms in total. The Hall–Kier alpha value is -1.88. The van der Waals surface area contributed by atoms with Gasteiger partial charge in [-0.2, -0.15) is 0 Å². The van der Waals surface area contributed by atoms with Crippen LogP contribution in [0.5, 0.6) is 0 Å². The standard InChI is InChI=1S/C20H29N3O2/c1-2-15-7-9-17(10-8-15)20(25)23-12-4-5-16(14-23)13-22-19(24)18-6-3-11-21-18/h7-10,16,18,21H,2-6,11-14H2,1H3,(H,22,24)/t16-,18+/m1/s1. The number of hydrogen-bond donors (Lipinski definition) is 2. The lowest BCUT2D eigenvalue weighted by Gasteiger charge is -2.33. The molecule has 2 heterocycles. The molecule has 0 aromatic heterocycles. The molecular formula is C20H29N3O2. The summed E-state index contributed by atoms with van der Waals surface area (Å²) in [6.45, 7) is 5.24. The van der Waals surface area contributed by atoms with Gasteiger partial charge in [-0.15, -0.1) is 0 Å². The minimum absolute atomic E-state index is 0.0293. The van der Waals surface area contributed by atoms with Gasteiger partial charge in [-0.1, -0.05) is 19.1 Å². The lowest BCUT2D eigenvalue weighted by molar-refractivity contribution is -0.123. The number of likely N-dealkylation sites (tertiary alicyclic amines) is 1. The number of benzene rings is 1. The molecular weight excluding hydrogens is 314 g/mol. The predicted molar refractivity (Wildman–Crippen MR) is 98.5 cm³/mol. The summed E-state index contributed by atoms with van der Waals surface area (Å²) in [6.07, 6.45) is 5.04. The van der Waals surface area contributed by atoms with Crippen LogP contribution < -0.4 is 10.6 Å². The zero-order valence-electron chi connectivity index (χ0n) is 15.1. The first-order valence-electron chi connectivity index (χ1n) is 9.56. The van der Waals surface area contributed by atoms with Gasteiger partial charge >= 0.3 is 0 Å². The maximum absolute atomic E-state index is 12.7. The van der Waals surface area contributed by atoms with Crippen molar-refractivity contribution in [3.05, 3.63) is 35.4 Å². The van der Waals surface area contributed by atoms with Crippen LogP contribution in [-0.2, 0) is 11.2 Å². The molecule has 2 saturated heterocycles. The molecule has 5 heteroatoms. The van der Waals surface area contributed by atoms with Crippen molar-refractivity contribution >= 4 is 11.8 Å². The van der Waals surface area contributed by atoms with E-state index < -0.39 is 0 Å². The maximum atomic E-state index is 12.7. The highest BCUT2D eigenvalue weighted by atomic mass is 16.2. The number of piperidine rings is 1. The molecule has 0 radical (unpaired) electrons. The van der Waals surface area contributed by atoms with E-state index in [2.05, 4.69) is 17.6 Å². The Morgan fingerprint density at radius 2 is 2.00 bits per heavy atom. The van der Waals surface area contributed by atoms with E-state index in [9.17, 15) is 9.59 Å². The molecule has 2 aliphatic rings. The SMILES string of the molecule is CCc1ccc(C(=O)N2CCC[C@H](CNC(=O)[C@@H]3CCCN3)C2)cc1. The van der Waals surface area contributed by atoms with Gasteiger partial charge < -0.3 is 15.5 Å². The fraction of sp³-hybridized carbons (Fsp3) is 0.600. The van der Waals surface area contributed by atoms with Gasteiger partial charge in [-0.05, 0) is 62.3 Å². The minimum Gasteiger partial charge on any atom is -0.354 e. The number of hydrogen-bond acceptors (Lipinski definition) is 3. The van der Waals surface area contributed by atoms with Crippen LogP contribution in [0.4, 0.5) is 0 Å². The molecule has 0 bridgehead atoms.